The minimum Gasteiger partial charge on any atom is -0.497 e. The summed E-state index contributed by atoms with van der Waals surface area (Å²) in [5.41, 5.74) is 8.62. The highest BCUT2D eigenvalue weighted by Gasteiger charge is 2.27. The zero-order chi connectivity index (χ0) is 21.1. The predicted octanol–water partition coefficient (Wildman–Crippen LogP) is 3.77. The summed E-state index contributed by atoms with van der Waals surface area (Å²) >= 11 is 1.31. The summed E-state index contributed by atoms with van der Waals surface area (Å²) in [5, 5.41) is 10.5. The highest BCUT2D eigenvalue weighted by molar-refractivity contribution is 7.19. The van der Waals surface area contributed by atoms with Crippen molar-refractivity contribution >= 4 is 33.5 Å². The lowest BCUT2D eigenvalue weighted by atomic mass is 10.1. The number of carbonyl (C=O) groups is 1. The van der Waals surface area contributed by atoms with Crippen molar-refractivity contribution in [2.45, 2.75) is 0 Å². The number of rotatable bonds is 5. The van der Waals surface area contributed by atoms with Gasteiger partial charge in [0.2, 0.25) is 5.78 Å². The van der Waals surface area contributed by atoms with Gasteiger partial charge < -0.3 is 20.3 Å². The Kier molecular flexibility index (Phi) is 5.59. The maximum atomic E-state index is 13.0. The lowest BCUT2D eigenvalue weighted by molar-refractivity contribution is 0.104. The van der Waals surface area contributed by atoms with E-state index < -0.39 is 0 Å². The molecule has 1 aliphatic rings. The Labute approximate surface area is 179 Å². The van der Waals surface area contributed by atoms with Crippen molar-refractivity contribution in [2.75, 3.05) is 48.8 Å². The van der Waals surface area contributed by atoms with Crippen molar-refractivity contribution in [3.63, 3.8) is 0 Å². The van der Waals surface area contributed by atoms with E-state index in [2.05, 4.69) is 28.0 Å². The normalized spacial score (nSPS) is 13.7. The Balaban J connectivity index is 1.56. The van der Waals surface area contributed by atoms with E-state index in [0.29, 0.717) is 21.8 Å². The van der Waals surface area contributed by atoms with Crippen LogP contribution in [0, 0.1) is 11.3 Å². The number of methoxy groups -OCH3 is 1. The molecule has 2 aromatic carbocycles. The molecular formula is C23H22N4O2S. The van der Waals surface area contributed by atoms with Gasteiger partial charge in [-0.05, 0) is 36.4 Å². The number of ether oxygens (including phenoxy) is 1. The van der Waals surface area contributed by atoms with E-state index in [0.717, 1.165) is 31.2 Å². The van der Waals surface area contributed by atoms with E-state index in [1.807, 2.05) is 18.2 Å². The molecule has 0 spiro atoms. The molecule has 0 saturated carbocycles. The number of ketones is 1. The molecule has 0 bridgehead atoms. The number of hydrogen-bond donors (Lipinski definition) is 1. The second kappa shape index (κ2) is 8.47. The quantitative estimate of drug-likeness (QED) is 0.635. The van der Waals surface area contributed by atoms with Gasteiger partial charge in [0.25, 0.3) is 0 Å². The second-order valence-electron chi connectivity index (χ2n) is 7.00. The number of benzene rings is 2. The third kappa shape index (κ3) is 3.70. The maximum Gasteiger partial charge on any atom is 0.205 e. The fourth-order valence-corrected chi connectivity index (χ4v) is 4.80. The number of nitrogen functional groups attached to an aromatic ring is 1. The van der Waals surface area contributed by atoms with Crippen LogP contribution in [-0.2, 0) is 0 Å². The molecule has 0 amide bonds. The molecule has 4 rings (SSSR count). The van der Waals surface area contributed by atoms with Gasteiger partial charge in [-0.1, -0.05) is 18.2 Å². The smallest absolute Gasteiger partial charge is 0.205 e. The van der Waals surface area contributed by atoms with E-state index in [9.17, 15) is 10.1 Å². The molecule has 0 unspecified atom stereocenters. The van der Waals surface area contributed by atoms with Crippen molar-refractivity contribution in [3.05, 3.63) is 70.6 Å². The second-order valence-corrected chi connectivity index (χ2v) is 8.00. The van der Waals surface area contributed by atoms with E-state index in [1.165, 1.54) is 17.0 Å². The SMILES string of the molecule is COc1ccc(C(=O)c2sc(N3CCN(c4ccccc4)CC3)c(C#N)c2N)cc1. The van der Waals surface area contributed by atoms with Crippen LogP contribution in [0.1, 0.15) is 20.8 Å². The van der Waals surface area contributed by atoms with Crippen molar-refractivity contribution in [1.29, 1.82) is 5.26 Å². The molecule has 0 radical (unpaired) electrons. The van der Waals surface area contributed by atoms with Gasteiger partial charge in [-0.3, -0.25) is 4.79 Å². The van der Waals surface area contributed by atoms with E-state index in [4.69, 9.17) is 10.5 Å². The number of para-hydroxylation sites is 1. The van der Waals surface area contributed by atoms with Crippen LogP contribution in [0.15, 0.2) is 54.6 Å². The summed E-state index contributed by atoms with van der Waals surface area (Å²) in [6, 6.07) is 19.4. The lowest BCUT2D eigenvalue weighted by Gasteiger charge is -2.36. The molecule has 1 saturated heterocycles. The number of carbonyl (C=O) groups excluding carboxylic acids is 1. The third-order valence-corrected chi connectivity index (χ3v) is 6.55. The molecule has 152 valence electrons. The van der Waals surface area contributed by atoms with Crippen LogP contribution in [0.3, 0.4) is 0 Å². The first kappa shape index (κ1) is 19.8. The van der Waals surface area contributed by atoms with Gasteiger partial charge in [0.05, 0.1) is 12.8 Å². The van der Waals surface area contributed by atoms with Crippen LogP contribution in [-0.4, -0.2) is 39.1 Å². The van der Waals surface area contributed by atoms with Crippen molar-refractivity contribution < 1.29 is 9.53 Å². The van der Waals surface area contributed by atoms with E-state index in [1.54, 1.807) is 31.4 Å². The molecule has 3 aromatic rings. The van der Waals surface area contributed by atoms with Crippen LogP contribution in [0.25, 0.3) is 0 Å². The van der Waals surface area contributed by atoms with Gasteiger partial charge in [0.1, 0.15) is 27.3 Å². The number of anilines is 3. The molecule has 1 aromatic heterocycles. The highest BCUT2D eigenvalue weighted by atomic mass is 32.1. The molecule has 1 fully saturated rings. The molecule has 30 heavy (non-hydrogen) atoms. The van der Waals surface area contributed by atoms with E-state index in [-0.39, 0.29) is 11.5 Å². The zero-order valence-corrected chi connectivity index (χ0v) is 17.5. The fourth-order valence-electron chi connectivity index (χ4n) is 3.61. The zero-order valence-electron chi connectivity index (χ0n) is 16.7. The fraction of sp³-hybridized carbons (Fsp3) is 0.217. The van der Waals surface area contributed by atoms with E-state index >= 15 is 0 Å². The summed E-state index contributed by atoms with van der Waals surface area (Å²) in [6.45, 7) is 3.21. The highest BCUT2D eigenvalue weighted by Crippen LogP contribution is 2.39. The van der Waals surface area contributed by atoms with Crippen LogP contribution in [0.2, 0.25) is 0 Å². The Hall–Kier alpha value is -3.50. The number of hydrogen-bond acceptors (Lipinski definition) is 7. The summed E-state index contributed by atoms with van der Waals surface area (Å²) < 4.78 is 5.15. The molecule has 1 aliphatic heterocycles. The molecule has 2 heterocycles. The first-order valence-electron chi connectivity index (χ1n) is 9.68. The Morgan fingerprint density at radius 1 is 1.03 bits per heavy atom. The van der Waals surface area contributed by atoms with Crippen LogP contribution in [0.5, 0.6) is 5.75 Å². The van der Waals surface area contributed by atoms with Gasteiger partial charge in [0.15, 0.2) is 0 Å². The maximum absolute atomic E-state index is 13.0. The van der Waals surface area contributed by atoms with Crippen molar-refractivity contribution in [3.8, 4) is 11.8 Å². The van der Waals surface area contributed by atoms with Gasteiger partial charge in [0, 0.05) is 37.4 Å². The van der Waals surface area contributed by atoms with Gasteiger partial charge >= 0.3 is 0 Å². The number of piperazine rings is 1. The predicted molar refractivity (Wildman–Crippen MR) is 121 cm³/mol. The number of nitriles is 1. The minimum absolute atomic E-state index is 0.175. The topological polar surface area (TPSA) is 82.6 Å². The van der Waals surface area contributed by atoms with Crippen LogP contribution >= 0.6 is 11.3 Å². The summed E-state index contributed by atoms with van der Waals surface area (Å²) in [4.78, 5) is 17.9. The Morgan fingerprint density at radius 3 is 2.27 bits per heavy atom. The summed E-state index contributed by atoms with van der Waals surface area (Å²) in [5.74, 6) is 0.506. The van der Waals surface area contributed by atoms with Gasteiger partial charge in [-0.25, -0.2) is 0 Å². The van der Waals surface area contributed by atoms with Crippen LogP contribution < -0.4 is 20.3 Å². The summed E-state index contributed by atoms with van der Waals surface area (Å²) in [7, 11) is 1.58. The molecule has 0 atom stereocenters. The number of nitrogens with zero attached hydrogens (tertiary/aromatic N) is 3. The minimum atomic E-state index is -0.175. The molecule has 7 heteroatoms. The molecule has 0 aliphatic carbocycles. The molecule has 2 N–H and O–H groups in total. The monoisotopic (exact) mass is 418 g/mol. The average Bonchev–Trinajstić information content (AvgIpc) is 3.15. The van der Waals surface area contributed by atoms with Crippen LogP contribution in [0.4, 0.5) is 16.4 Å². The standard InChI is InChI=1S/C23H22N4O2S/c1-29-18-9-7-16(8-10-18)21(28)22-20(25)19(15-24)23(30-22)27-13-11-26(12-14-27)17-5-3-2-4-6-17/h2-10H,11-14,25H2,1H3. The number of nitrogens with two attached hydrogens (primary N) is 1. The molecule has 6 nitrogen and oxygen atoms in total. The first-order valence-corrected chi connectivity index (χ1v) is 10.5. The number of thiophene rings is 1. The third-order valence-electron chi connectivity index (χ3n) is 5.29. The summed E-state index contributed by atoms with van der Waals surface area (Å²) in [6.07, 6.45) is 0. The van der Waals surface area contributed by atoms with Crippen molar-refractivity contribution in [1.82, 2.24) is 0 Å². The Bertz CT molecular complexity index is 1080. The lowest BCUT2D eigenvalue weighted by Crippen LogP contribution is -2.46. The van der Waals surface area contributed by atoms with Gasteiger partial charge in [-0.2, -0.15) is 5.26 Å². The largest absolute Gasteiger partial charge is 0.497 e. The van der Waals surface area contributed by atoms with Gasteiger partial charge in [-0.15, -0.1) is 11.3 Å². The molecular weight excluding hydrogens is 396 g/mol. The first-order chi connectivity index (χ1) is 14.6. The Morgan fingerprint density at radius 2 is 1.67 bits per heavy atom. The average molecular weight is 419 g/mol. The van der Waals surface area contributed by atoms with Crippen molar-refractivity contribution in [2.24, 2.45) is 0 Å².